The molecule has 2 aromatic carbocycles. The Hall–Kier alpha value is -3.15. The zero-order valence-corrected chi connectivity index (χ0v) is 16.2. The molecule has 1 aliphatic carbocycles. The average Bonchev–Trinajstić information content (AvgIpc) is 2.74. The van der Waals surface area contributed by atoms with E-state index >= 15 is 0 Å². The lowest BCUT2D eigenvalue weighted by molar-refractivity contribution is -0.144. The van der Waals surface area contributed by atoms with E-state index in [1.54, 1.807) is 12.1 Å². The average molecular weight is 394 g/mol. The molecule has 0 radical (unpaired) electrons. The van der Waals surface area contributed by atoms with Crippen molar-refractivity contribution in [2.24, 2.45) is 11.8 Å². The van der Waals surface area contributed by atoms with E-state index in [1.807, 2.05) is 48.5 Å². The molecule has 3 N–H and O–H groups in total. The van der Waals surface area contributed by atoms with Gasteiger partial charge in [0.05, 0.1) is 5.92 Å². The topological polar surface area (TPSA) is 95.5 Å². The summed E-state index contributed by atoms with van der Waals surface area (Å²) in [5, 5.41) is 15.0. The van der Waals surface area contributed by atoms with Gasteiger partial charge in [0.15, 0.2) is 0 Å². The van der Waals surface area contributed by atoms with Gasteiger partial charge in [-0.15, -0.1) is 0 Å². The van der Waals surface area contributed by atoms with Crippen LogP contribution in [0.4, 0.5) is 5.69 Å². The fourth-order valence-electron chi connectivity index (χ4n) is 3.75. The Balaban J connectivity index is 1.71. The van der Waals surface area contributed by atoms with Crippen LogP contribution >= 0.6 is 0 Å². The molecule has 0 bridgehead atoms. The monoisotopic (exact) mass is 394 g/mol. The second kappa shape index (κ2) is 9.87. The molecule has 2 amide bonds. The quantitative estimate of drug-likeness (QED) is 0.672. The molecular weight excluding hydrogens is 368 g/mol. The van der Waals surface area contributed by atoms with Crippen molar-refractivity contribution in [1.82, 2.24) is 5.32 Å². The van der Waals surface area contributed by atoms with Crippen molar-refractivity contribution in [1.29, 1.82) is 0 Å². The summed E-state index contributed by atoms with van der Waals surface area (Å²) < 4.78 is 0. The molecule has 0 heterocycles. The zero-order chi connectivity index (χ0) is 20.6. The molecule has 0 saturated heterocycles. The smallest absolute Gasteiger partial charge is 0.306 e. The van der Waals surface area contributed by atoms with Crippen LogP contribution in [0.1, 0.15) is 31.2 Å². The minimum atomic E-state index is -0.856. The largest absolute Gasteiger partial charge is 0.481 e. The van der Waals surface area contributed by atoms with E-state index in [4.69, 9.17) is 0 Å². The molecule has 1 aliphatic rings. The maximum atomic E-state index is 12.9. The molecule has 3 atom stereocenters. The normalized spacial score (nSPS) is 19.7. The van der Waals surface area contributed by atoms with Gasteiger partial charge in [-0.05, 0) is 37.0 Å². The first-order valence-electron chi connectivity index (χ1n) is 9.96. The second-order valence-corrected chi connectivity index (χ2v) is 7.50. The van der Waals surface area contributed by atoms with Crippen molar-refractivity contribution in [3.8, 4) is 0 Å². The molecular formula is C23H26N2O4. The number of carboxylic acid groups (broad SMARTS) is 1. The highest BCUT2D eigenvalue weighted by atomic mass is 16.4. The van der Waals surface area contributed by atoms with E-state index in [-0.39, 0.29) is 17.7 Å². The Bertz CT molecular complexity index is 838. The highest BCUT2D eigenvalue weighted by molar-refractivity contribution is 5.97. The van der Waals surface area contributed by atoms with Gasteiger partial charge >= 0.3 is 5.97 Å². The standard InChI is InChI=1S/C23H26N2O4/c26-21(17-10-7-11-18(15-17)23(28)29)25-20(14-16-8-3-1-4-9-16)22(27)24-19-12-5-2-6-13-19/h1-6,8-9,12-13,17-18,20H,7,10-11,14-15H2,(H,24,27)(H,25,26)(H,28,29). The van der Waals surface area contributed by atoms with Gasteiger partial charge in [0.2, 0.25) is 11.8 Å². The van der Waals surface area contributed by atoms with Crippen LogP contribution in [0.25, 0.3) is 0 Å². The van der Waals surface area contributed by atoms with Gasteiger partial charge in [-0.2, -0.15) is 0 Å². The number of carbonyl (C=O) groups excluding carboxylic acids is 2. The number of rotatable bonds is 7. The third-order valence-corrected chi connectivity index (χ3v) is 5.35. The van der Waals surface area contributed by atoms with E-state index in [9.17, 15) is 19.5 Å². The predicted molar refractivity (Wildman–Crippen MR) is 110 cm³/mol. The Morgan fingerprint density at radius 2 is 1.55 bits per heavy atom. The van der Waals surface area contributed by atoms with E-state index in [2.05, 4.69) is 10.6 Å². The van der Waals surface area contributed by atoms with Crippen LogP contribution < -0.4 is 10.6 Å². The molecule has 1 saturated carbocycles. The van der Waals surface area contributed by atoms with Crippen molar-refractivity contribution in [2.45, 2.75) is 38.1 Å². The predicted octanol–water partition coefficient (Wildman–Crippen LogP) is 3.24. The minimum absolute atomic E-state index is 0.250. The first kappa shape index (κ1) is 20.6. The molecule has 1 fully saturated rings. The number of carbonyl (C=O) groups is 3. The van der Waals surface area contributed by atoms with Crippen molar-refractivity contribution >= 4 is 23.5 Å². The molecule has 6 heteroatoms. The Morgan fingerprint density at radius 3 is 2.21 bits per heavy atom. The summed E-state index contributed by atoms with van der Waals surface area (Å²) in [4.78, 5) is 37.0. The van der Waals surface area contributed by atoms with Gasteiger partial charge in [-0.25, -0.2) is 0 Å². The van der Waals surface area contributed by atoms with E-state index in [1.165, 1.54) is 0 Å². The maximum Gasteiger partial charge on any atom is 0.306 e. The van der Waals surface area contributed by atoms with Crippen molar-refractivity contribution in [3.63, 3.8) is 0 Å². The molecule has 3 rings (SSSR count). The maximum absolute atomic E-state index is 12.9. The number of nitrogens with one attached hydrogen (secondary N) is 2. The highest BCUT2D eigenvalue weighted by Gasteiger charge is 2.33. The lowest BCUT2D eigenvalue weighted by atomic mass is 9.81. The van der Waals surface area contributed by atoms with Crippen LogP contribution in [-0.4, -0.2) is 28.9 Å². The Morgan fingerprint density at radius 1 is 0.931 bits per heavy atom. The fourth-order valence-corrected chi connectivity index (χ4v) is 3.75. The molecule has 29 heavy (non-hydrogen) atoms. The summed E-state index contributed by atoms with van der Waals surface area (Å²) in [6, 6.07) is 17.9. The molecule has 152 valence electrons. The van der Waals surface area contributed by atoms with Crippen LogP contribution in [0.2, 0.25) is 0 Å². The molecule has 3 unspecified atom stereocenters. The van der Waals surface area contributed by atoms with Crippen molar-refractivity contribution in [2.75, 3.05) is 5.32 Å². The molecule has 0 aliphatic heterocycles. The van der Waals surface area contributed by atoms with Gasteiger partial charge in [-0.3, -0.25) is 14.4 Å². The van der Waals surface area contributed by atoms with Crippen LogP contribution in [0.15, 0.2) is 60.7 Å². The number of para-hydroxylation sites is 1. The fraction of sp³-hybridized carbons (Fsp3) is 0.348. The summed E-state index contributed by atoms with van der Waals surface area (Å²) in [5.74, 6) is -2.28. The number of anilines is 1. The van der Waals surface area contributed by atoms with Crippen molar-refractivity contribution in [3.05, 3.63) is 66.2 Å². The Labute approximate surface area is 170 Å². The van der Waals surface area contributed by atoms with Gasteiger partial charge in [-0.1, -0.05) is 55.0 Å². The van der Waals surface area contributed by atoms with Crippen LogP contribution in [0.3, 0.4) is 0 Å². The van der Waals surface area contributed by atoms with Crippen LogP contribution in [-0.2, 0) is 20.8 Å². The zero-order valence-electron chi connectivity index (χ0n) is 16.2. The second-order valence-electron chi connectivity index (χ2n) is 7.50. The number of amides is 2. The lowest BCUT2D eigenvalue weighted by Gasteiger charge is -2.27. The van der Waals surface area contributed by atoms with Gasteiger partial charge < -0.3 is 15.7 Å². The Kier molecular flexibility index (Phi) is 7.00. The summed E-state index contributed by atoms with van der Waals surface area (Å²) >= 11 is 0. The summed E-state index contributed by atoms with van der Waals surface area (Å²) in [7, 11) is 0. The van der Waals surface area contributed by atoms with Crippen LogP contribution in [0, 0.1) is 11.8 Å². The molecule has 6 nitrogen and oxygen atoms in total. The van der Waals surface area contributed by atoms with E-state index in [0.717, 1.165) is 5.56 Å². The first-order valence-corrected chi connectivity index (χ1v) is 9.96. The summed E-state index contributed by atoms with van der Waals surface area (Å²) in [6.45, 7) is 0. The SMILES string of the molecule is O=C(O)C1CCCC(C(=O)NC(Cc2ccccc2)C(=O)Nc2ccccc2)C1. The first-order chi connectivity index (χ1) is 14.0. The summed E-state index contributed by atoms with van der Waals surface area (Å²) in [5.41, 5.74) is 1.60. The number of aliphatic carboxylic acids is 1. The number of hydrogen-bond acceptors (Lipinski definition) is 3. The van der Waals surface area contributed by atoms with Gasteiger partial charge in [0.25, 0.3) is 0 Å². The van der Waals surface area contributed by atoms with E-state index < -0.39 is 17.9 Å². The number of hydrogen-bond donors (Lipinski definition) is 3. The third kappa shape index (κ3) is 5.91. The van der Waals surface area contributed by atoms with Crippen LogP contribution in [0.5, 0.6) is 0 Å². The number of benzene rings is 2. The molecule has 0 aromatic heterocycles. The molecule has 2 aromatic rings. The van der Waals surface area contributed by atoms with Crippen molar-refractivity contribution < 1.29 is 19.5 Å². The van der Waals surface area contributed by atoms with Gasteiger partial charge in [0, 0.05) is 18.0 Å². The highest BCUT2D eigenvalue weighted by Crippen LogP contribution is 2.29. The third-order valence-electron chi connectivity index (χ3n) is 5.35. The summed E-state index contributed by atoms with van der Waals surface area (Å²) in [6.07, 6.45) is 2.63. The van der Waals surface area contributed by atoms with E-state index in [0.29, 0.717) is 37.8 Å². The minimum Gasteiger partial charge on any atom is -0.481 e. The lowest BCUT2D eigenvalue weighted by Crippen LogP contribution is -2.48. The van der Waals surface area contributed by atoms with Gasteiger partial charge in [0.1, 0.15) is 6.04 Å². The molecule has 0 spiro atoms. The number of carboxylic acids is 1.